The van der Waals surface area contributed by atoms with E-state index in [0.29, 0.717) is 67.9 Å². The smallest absolute Gasteiger partial charge is 0.324 e. The van der Waals surface area contributed by atoms with E-state index in [0.717, 1.165) is 28.8 Å². The average molecular weight is 552 g/mol. The maximum absolute atomic E-state index is 13.4. The van der Waals surface area contributed by atoms with Crippen LogP contribution in [0, 0.1) is 6.92 Å². The number of carbonyl (C=O) groups excluding carboxylic acids is 2. The topological polar surface area (TPSA) is 81.2 Å². The van der Waals surface area contributed by atoms with E-state index in [2.05, 4.69) is 4.98 Å². The summed E-state index contributed by atoms with van der Waals surface area (Å²) >= 11 is 5.66. The maximum atomic E-state index is 13.4. The summed E-state index contributed by atoms with van der Waals surface area (Å²) in [6.45, 7) is 3.76. The Morgan fingerprint density at radius 3 is 2.44 bits per heavy atom. The number of aromatic nitrogens is 1. The van der Waals surface area contributed by atoms with Crippen molar-refractivity contribution < 1.29 is 23.8 Å². The van der Waals surface area contributed by atoms with Crippen LogP contribution in [-0.4, -0.2) is 54.9 Å². The van der Waals surface area contributed by atoms with Crippen molar-refractivity contribution in [3.8, 4) is 23.1 Å². The fourth-order valence-electron chi connectivity index (χ4n) is 4.55. The van der Waals surface area contributed by atoms with Crippen molar-refractivity contribution in [2.75, 3.05) is 38.1 Å². The molecule has 0 spiro atoms. The first-order valence-electron chi connectivity index (χ1n) is 13.0. The van der Waals surface area contributed by atoms with Gasteiger partial charge < -0.3 is 19.1 Å². The molecule has 0 unspecified atom stereocenters. The number of hydrogen-bond acceptors (Lipinski definition) is 6. The molecule has 2 amide bonds. The van der Waals surface area contributed by atoms with Gasteiger partial charge >= 0.3 is 6.03 Å². The fourth-order valence-corrected chi connectivity index (χ4v) is 4.69. The number of methoxy groups -OCH3 is 2. The number of halogens is 1. The Balaban J connectivity index is 1.40. The summed E-state index contributed by atoms with van der Waals surface area (Å²) in [6, 6.07) is 15.0. The Labute approximate surface area is 234 Å². The van der Waals surface area contributed by atoms with Crippen molar-refractivity contribution in [3.63, 3.8) is 0 Å². The van der Waals surface area contributed by atoms with Crippen LogP contribution in [0.2, 0.25) is 0 Å². The number of carbonyl (C=O) groups is 2. The second kappa shape index (κ2) is 13.3. The molecule has 0 radical (unpaired) electrons. The molecule has 206 valence electrons. The molecule has 39 heavy (non-hydrogen) atoms. The molecule has 1 fully saturated rings. The van der Waals surface area contributed by atoms with Crippen molar-refractivity contribution in [1.29, 1.82) is 0 Å². The van der Waals surface area contributed by atoms with E-state index < -0.39 is 0 Å². The lowest BCUT2D eigenvalue weighted by atomic mass is 10.1. The number of hydrogen-bond donors (Lipinski definition) is 0. The average Bonchev–Trinajstić information content (AvgIpc) is 2.95. The molecular formula is C30H34ClN3O5. The molecule has 4 rings (SSSR count). The number of pyridine rings is 1. The van der Waals surface area contributed by atoms with E-state index in [4.69, 9.17) is 25.8 Å². The number of nitrogens with zero attached hydrogens (tertiary/aromatic N) is 3. The van der Waals surface area contributed by atoms with Crippen LogP contribution in [0.4, 0.5) is 10.5 Å². The zero-order valence-electron chi connectivity index (χ0n) is 22.6. The van der Waals surface area contributed by atoms with Gasteiger partial charge in [-0.2, -0.15) is 0 Å². The first kappa shape index (κ1) is 28.2. The number of urea groups is 1. The third kappa shape index (κ3) is 7.20. The summed E-state index contributed by atoms with van der Waals surface area (Å²) < 4.78 is 16.7. The monoisotopic (exact) mass is 551 g/mol. The number of benzene rings is 2. The number of amides is 2. The molecule has 0 N–H and O–H groups in total. The first-order valence-corrected chi connectivity index (χ1v) is 13.5. The highest BCUT2D eigenvalue weighted by Crippen LogP contribution is 2.31. The van der Waals surface area contributed by atoms with Crippen LogP contribution in [0.25, 0.3) is 0 Å². The Morgan fingerprint density at radius 2 is 1.74 bits per heavy atom. The van der Waals surface area contributed by atoms with Crippen LogP contribution in [0.3, 0.4) is 0 Å². The molecule has 0 atom stereocenters. The molecule has 1 saturated heterocycles. The van der Waals surface area contributed by atoms with Crippen LogP contribution in [0.5, 0.6) is 23.1 Å². The standard InChI is InChI=1S/C30H34ClN3O5/c1-21-16-24(9-11-26(21)39-29-12-8-22(19-32-29)17-25(35)6-4-13-31)34-15-5-14-33(30(34)36)20-23-7-10-27(37-2)28(18-23)38-3/h7-12,16,18-19H,4-6,13-15,17,20H2,1-3H3. The third-order valence-corrected chi connectivity index (χ3v) is 6.87. The van der Waals surface area contributed by atoms with E-state index in [1.807, 2.05) is 54.3 Å². The second-order valence-electron chi connectivity index (χ2n) is 9.46. The molecule has 0 aliphatic carbocycles. The molecule has 1 aliphatic rings. The van der Waals surface area contributed by atoms with Gasteiger partial charge in [-0.25, -0.2) is 9.78 Å². The number of ketones is 1. The van der Waals surface area contributed by atoms with Gasteiger partial charge in [0.2, 0.25) is 5.88 Å². The van der Waals surface area contributed by atoms with Gasteiger partial charge in [-0.05, 0) is 66.8 Å². The minimum atomic E-state index is -0.0399. The Hall–Kier alpha value is -3.78. The minimum absolute atomic E-state index is 0.0399. The Morgan fingerprint density at radius 1 is 0.974 bits per heavy atom. The molecule has 2 heterocycles. The molecule has 0 saturated carbocycles. The number of ether oxygens (including phenoxy) is 3. The number of alkyl halides is 1. The normalized spacial score (nSPS) is 13.4. The van der Waals surface area contributed by atoms with Gasteiger partial charge in [-0.3, -0.25) is 9.69 Å². The quantitative estimate of drug-likeness (QED) is 0.251. The van der Waals surface area contributed by atoms with Gasteiger partial charge in [0, 0.05) is 56.3 Å². The predicted octanol–water partition coefficient (Wildman–Crippen LogP) is 6.16. The van der Waals surface area contributed by atoms with Gasteiger partial charge in [-0.15, -0.1) is 11.6 Å². The lowest BCUT2D eigenvalue weighted by molar-refractivity contribution is -0.118. The van der Waals surface area contributed by atoms with Crippen molar-refractivity contribution in [2.45, 2.75) is 39.2 Å². The Bertz CT molecular complexity index is 1300. The van der Waals surface area contributed by atoms with Crippen LogP contribution >= 0.6 is 11.6 Å². The summed E-state index contributed by atoms with van der Waals surface area (Å²) in [6.07, 6.45) is 4.02. The van der Waals surface area contributed by atoms with Gasteiger partial charge in [0.05, 0.1) is 14.2 Å². The van der Waals surface area contributed by atoms with Gasteiger partial charge in [-0.1, -0.05) is 12.1 Å². The fraction of sp³-hybridized carbons (Fsp3) is 0.367. The molecule has 0 bridgehead atoms. The predicted molar refractivity (Wildman–Crippen MR) is 151 cm³/mol. The van der Waals surface area contributed by atoms with Gasteiger partial charge in [0.15, 0.2) is 11.5 Å². The van der Waals surface area contributed by atoms with Crippen molar-refractivity contribution in [3.05, 3.63) is 71.4 Å². The largest absolute Gasteiger partial charge is 0.493 e. The second-order valence-corrected chi connectivity index (χ2v) is 9.84. The Kier molecular flexibility index (Phi) is 9.65. The molecule has 8 nitrogen and oxygen atoms in total. The zero-order valence-corrected chi connectivity index (χ0v) is 23.4. The van der Waals surface area contributed by atoms with E-state index >= 15 is 0 Å². The van der Waals surface area contributed by atoms with Crippen LogP contribution in [0.15, 0.2) is 54.7 Å². The zero-order chi connectivity index (χ0) is 27.8. The molecule has 3 aromatic rings. The third-order valence-electron chi connectivity index (χ3n) is 6.61. The highest BCUT2D eigenvalue weighted by atomic mass is 35.5. The molecular weight excluding hydrogens is 518 g/mol. The van der Waals surface area contributed by atoms with Crippen LogP contribution in [-0.2, 0) is 17.8 Å². The van der Waals surface area contributed by atoms with Gasteiger partial charge in [0.1, 0.15) is 11.5 Å². The highest BCUT2D eigenvalue weighted by molar-refractivity contribution is 6.17. The van der Waals surface area contributed by atoms with Crippen LogP contribution < -0.4 is 19.1 Å². The van der Waals surface area contributed by atoms with E-state index in [9.17, 15) is 9.59 Å². The maximum Gasteiger partial charge on any atom is 0.324 e. The number of aryl methyl sites for hydroxylation is 1. The molecule has 9 heteroatoms. The summed E-state index contributed by atoms with van der Waals surface area (Å²) in [4.78, 5) is 33.4. The number of Topliss-reactive ketones (excluding diaryl/α,β-unsaturated/α-hetero) is 1. The highest BCUT2D eigenvalue weighted by Gasteiger charge is 2.27. The molecule has 1 aliphatic heterocycles. The van der Waals surface area contributed by atoms with Crippen molar-refractivity contribution >= 4 is 29.1 Å². The lowest BCUT2D eigenvalue weighted by Gasteiger charge is -2.36. The lowest BCUT2D eigenvalue weighted by Crippen LogP contribution is -2.49. The van der Waals surface area contributed by atoms with E-state index in [-0.39, 0.29) is 11.8 Å². The minimum Gasteiger partial charge on any atom is -0.493 e. The number of rotatable bonds is 12. The molecule has 2 aromatic carbocycles. The molecule has 1 aromatic heterocycles. The SMILES string of the molecule is COc1ccc(CN2CCCN(c3ccc(Oc4ccc(CC(=O)CCCCl)cn4)c(C)c3)C2=O)cc1OC. The van der Waals surface area contributed by atoms with Gasteiger partial charge in [0.25, 0.3) is 0 Å². The van der Waals surface area contributed by atoms with Crippen molar-refractivity contribution in [1.82, 2.24) is 9.88 Å². The van der Waals surface area contributed by atoms with E-state index in [1.165, 1.54) is 0 Å². The summed E-state index contributed by atoms with van der Waals surface area (Å²) in [5.74, 6) is 3.03. The summed E-state index contributed by atoms with van der Waals surface area (Å²) in [5.41, 5.74) is 3.52. The first-order chi connectivity index (χ1) is 18.9. The number of anilines is 1. The summed E-state index contributed by atoms with van der Waals surface area (Å²) in [7, 11) is 3.20. The summed E-state index contributed by atoms with van der Waals surface area (Å²) in [5, 5.41) is 0. The van der Waals surface area contributed by atoms with E-state index in [1.54, 1.807) is 31.4 Å². The van der Waals surface area contributed by atoms with Crippen molar-refractivity contribution in [2.24, 2.45) is 0 Å². The van der Waals surface area contributed by atoms with Crippen LogP contribution in [0.1, 0.15) is 36.0 Å².